The minimum Gasteiger partial charge on any atom is -0.464 e. The van der Waals surface area contributed by atoms with Crippen LogP contribution < -0.4 is 10.6 Å². The monoisotopic (exact) mass is 284 g/mol. The highest BCUT2D eigenvalue weighted by molar-refractivity contribution is 8.14. The van der Waals surface area contributed by atoms with E-state index in [1.54, 1.807) is 7.05 Å². The van der Waals surface area contributed by atoms with Gasteiger partial charge in [-0.05, 0) is 0 Å². The number of aromatic nitrogens is 2. The molecule has 19 heavy (non-hydrogen) atoms. The van der Waals surface area contributed by atoms with Gasteiger partial charge in [-0.1, -0.05) is 11.8 Å². The van der Waals surface area contributed by atoms with Crippen molar-refractivity contribution in [3.63, 3.8) is 0 Å². The Morgan fingerprint density at radius 1 is 1.63 bits per heavy atom. The summed E-state index contributed by atoms with van der Waals surface area (Å²) >= 11 is 1.05. The third-order valence-electron chi connectivity index (χ3n) is 2.52. The van der Waals surface area contributed by atoms with Gasteiger partial charge >= 0.3 is 5.97 Å². The van der Waals surface area contributed by atoms with Crippen LogP contribution in [0, 0.1) is 0 Å². The molecule has 9 heteroatoms. The van der Waals surface area contributed by atoms with Crippen molar-refractivity contribution in [1.82, 2.24) is 15.1 Å². The predicted molar refractivity (Wildman–Crippen MR) is 68.0 cm³/mol. The van der Waals surface area contributed by atoms with E-state index in [2.05, 4.69) is 20.5 Å². The smallest absolute Gasteiger partial charge is 0.356 e. The average molecular weight is 284 g/mol. The minimum absolute atomic E-state index is 0.225. The number of hydrogen-bond acceptors (Lipinski definition) is 6. The van der Waals surface area contributed by atoms with Crippen LogP contribution in [0.2, 0.25) is 0 Å². The van der Waals surface area contributed by atoms with Crippen LogP contribution in [0.5, 0.6) is 0 Å². The highest BCUT2D eigenvalue weighted by Gasteiger charge is 2.28. The zero-order chi connectivity index (χ0) is 14.0. The molecule has 1 saturated heterocycles. The maximum atomic E-state index is 11.8. The Kier molecular flexibility index (Phi) is 3.74. The largest absolute Gasteiger partial charge is 0.464 e. The van der Waals surface area contributed by atoms with Crippen molar-refractivity contribution in [3.8, 4) is 0 Å². The van der Waals surface area contributed by atoms with Crippen molar-refractivity contribution in [2.24, 2.45) is 7.05 Å². The van der Waals surface area contributed by atoms with Crippen LogP contribution in [0.3, 0.4) is 0 Å². The molecule has 1 atom stereocenters. The van der Waals surface area contributed by atoms with Gasteiger partial charge in [-0.3, -0.25) is 14.3 Å². The Labute approximate surface area is 112 Å². The molecule has 0 saturated carbocycles. The Bertz CT molecular complexity index is 542. The Hall–Kier alpha value is -2.03. The molecule has 2 heterocycles. The number of anilines is 1. The first kappa shape index (κ1) is 13.4. The van der Waals surface area contributed by atoms with E-state index in [1.165, 1.54) is 17.9 Å². The summed E-state index contributed by atoms with van der Waals surface area (Å²) in [6.45, 7) is 0. The number of nitrogens with one attached hydrogen (secondary N) is 2. The van der Waals surface area contributed by atoms with Gasteiger partial charge in [0.05, 0.1) is 7.11 Å². The second kappa shape index (κ2) is 5.31. The van der Waals surface area contributed by atoms with Crippen LogP contribution in [-0.2, 0) is 16.6 Å². The third kappa shape index (κ3) is 2.87. The quantitative estimate of drug-likeness (QED) is 0.756. The molecular weight excluding hydrogens is 272 g/mol. The van der Waals surface area contributed by atoms with Crippen molar-refractivity contribution >= 4 is 34.7 Å². The SMILES string of the molecule is COC(=O)c1cc(NC(=O)C2CSC(=O)N2)nn1C. The van der Waals surface area contributed by atoms with Crippen LogP contribution >= 0.6 is 11.8 Å². The van der Waals surface area contributed by atoms with Crippen molar-refractivity contribution < 1.29 is 19.1 Å². The van der Waals surface area contributed by atoms with E-state index < -0.39 is 12.0 Å². The Morgan fingerprint density at radius 3 is 2.95 bits per heavy atom. The molecule has 8 nitrogen and oxygen atoms in total. The fourth-order valence-electron chi connectivity index (χ4n) is 1.56. The number of amides is 2. The van der Waals surface area contributed by atoms with E-state index in [-0.39, 0.29) is 22.7 Å². The summed E-state index contributed by atoms with van der Waals surface area (Å²) in [5, 5.41) is 8.80. The van der Waals surface area contributed by atoms with Crippen LogP contribution in [0.25, 0.3) is 0 Å². The number of esters is 1. The Morgan fingerprint density at radius 2 is 2.37 bits per heavy atom. The van der Waals surface area contributed by atoms with E-state index >= 15 is 0 Å². The van der Waals surface area contributed by atoms with Gasteiger partial charge in [-0.2, -0.15) is 5.10 Å². The van der Waals surface area contributed by atoms with Crippen molar-refractivity contribution in [3.05, 3.63) is 11.8 Å². The zero-order valence-corrected chi connectivity index (χ0v) is 11.1. The molecule has 0 bridgehead atoms. The third-order valence-corrected chi connectivity index (χ3v) is 3.40. The predicted octanol–water partition coefficient (Wildman–Crippen LogP) is -0.0298. The molecule has 0 aliphatic carbocycles. The summed E-state index contributed by atoms with van der Waals surface area (Å²) in [5.41, 5.74) is 0.225. The highest BCUT2D eigenvalue weighted by atomic mass is 32.2. The molecule has 1 aromatic heterocycles. The van der Waals surface area contributed by atoms with E-state index in [4.69, 9.17) is 0 Å². The van der Waals surface area contributed by atoms with Gasteiger partial charge in [0.1, 0.15) is 11.7 Å². The summed E-state index contributed by atoms with van der Waals surface area (Å²) in [6, 6.07) is 0.828. The lowest BCUT2D eigenvalue weighted by Gasteiger charge is -2.07. The van der Waals surface area contributed by atoms with Crippen LogP contribution in [0.4, 0.5) is 10.6 Å². The molecule has 102 valence electrons. The second-order valence-electron chi connectivity index (χ2n) is 3.81. The molecule has 1 aliphatic heterocycles. The fraction of sp³-hybridized carbons (Fsp3) is 0.400. The van der Waals surface area contributed by atoms with Crippen molar-refractivity contribution in [1.29, 1.82) is 0 Å². The number of nitrogens with zero attached hydrogens (tertiary/aromatic N) is 2. The molecule has 1 unspecified atom stereocenters. The van der Waals surface area contributed by atoms with E-state index in [0.717, 1.165) is 11.8 Å². The summed E-state index contributed by atoms with van der Waals surface area (Å²) in [4.78, 5) is 34.2. The highest BCUT2D eigenvalue weighted by Crippen LogP contribution is 2.15. The molecule has 1 aromatic rings. The lowest BCUT2D eigenvalue weighted by molar-refractivity contribution is -0.117. The normalized spacial score (nSPS) is 18.0. The standard InChI is InChI=1S/C10H12N4O4S/c1-14-6(9(16)18-2)3-7(13-14)12-8(15)5-4-19-10(17)11-5/h3,5H,4H2,1-2H3,(H,11,17)(H,12,13,15). The number of carbonyl (C=O) groups excluding carboxylic acids is 3. The van der Waals surface area contributed by atoms with Crippen molar-refractivity contribution in [2.75, 3.05) is 18.2 Å². The maximum Gasteiger partial charge on any atom is 0.356 e. The molecule has 2 rings (SSSR count). The topological polar surface area (TPSA) is 102 Å². The number of ether oxygens (including phenoxy) is 1. The van der Waals surface area contributed by atoms with Crippen LogP contribution in [0.1, 0.15) is 10.5 Å². The van der Waals surface area contributed by atoms with E-state index in [0.29, 0.717) is 5.75 Å². The first-order valence-electron chi connectivity index (χ1n) is 5.37. The summed E-state index contributed by atoms with van der Waals surface area (Å²) in [7, 11) is 2.83. The molecule has 1 fully saturated rings. The van der Waals surface area contributed by atoms with Crippen LogP contribution in [-0.4, -0.2) is 45.8 Å². The molecule has 0 aromatic carbocycles. The second-order valence-corrected chi connectivity index (χ2v) is 4.81. The Balaban J connectivity index is 2.05. The zero-order valence-electron chi connectivity index (χ0n) is 10.3. The number of hydrogen-bond donors (Lipinski definition) is 2. The summed E-state index contributed by atoms with van der Waals surface area (Å²) < 4.78 is 5.89. The van der Waals surface area contributed by atoms with Gasteiger partial charge in [0, 0.05) is 18.9 Å². The number of thioether (sulfide) groups is 1. The summed E-state index contributed by atoms with van der Waals surface area (Å²) in [6.07, 6.45) is 0. The lowest BCUT2D eigenvalue weighted by Crippen LogP contribution is -2.38. The molecule has 0 spiro atoms. The lowest BCUT2D eigenvalue weighted by atomic mass is 10.3. The molecule has 0 radical (unpaired) electrons. The minimum atomic E-state index is -0.582. The fourth-order valence-corrected chi connectivity index (χ4v) is 2.34. The van der Waals surface area contributed by atoms with Gasteiger partial charge in [0.2, 0.25) is 5.91 Å². The van der Waals surface area contributed by atoms with E-state index in [9.17, 15) is 14.4 Å². The van der Waals surface area contributed by atoms with Gasteiger partial charge < -0.3 is 15.4 Å². The molecule has 1 aliphatic rings. The first-order chi connectivity index (χ1) is 9.01. The number of methoxy groups -OCH3 is 1. The number of rotatable bonds is 3. The van der Waals surface area contributed by atoms with Gasteiger partial charge in [-0.25, -0.2) is 4.79 Å². The molecule has 2 amide bonds. The van der Waals surface area contributed by atoms with Gasteiger partial charge in [-0.15, -0.1) is 0 Å². The van der Waals surface area contributed by atoms with E-state index in [1.807, 2.05) is 0 Å². The van der Waals surface area contributed by atoms with Gasteiger partial charge in [0.25, 0.3) is 5.24 Å². The maximum absolute atomic E-state index is 11.8. The molecular formula is C10H12N4O4S. The first-order valence-corrected chi connectivity index (χ1v) is 6.36. The number of aryl methyl sites for hydroxylation is 1. The number of carbonyl (C=O) groups is 3. The molecule has 2 N–H and O–H groups in total. The average Bonchev–Trinajstić information content (AvgIpc) is 2.95. The van der Waals surface area contributed by atoms with Crippen molar-refractivity contribution in [2.45, 2.75) is 6.04 Å². The van der Waals surface area contributed by atoms with Gasteiger partial charge in [0.15, 0.2) is 5.82 Å². The van der Waals surface area contributed by atoms with Crippen LogP contribution in [0.15, 0.2) is 6.07 Å². The summed E-state index contributed by atoms with van der Waals surface area (Å²) in [5.74, 6) is -0.298.